The molecule has 0 aliphatic heterocycles. The van der Waals surface area contributed by atoms with Crippen molar-refractivity contribution in [2.45, 2.75) is 38.1 Å². The predicted molar refractivity (Wildman–Crippen MR) is 94.3 cm³/mol. The zero-order chi connectivity index (χ0) is 16.9. The van der Waals surface area contributed by atoms with Gasteiger partial charge in [-0.3, -0.25) is 4.79 Å². The van der Waals surface area contributed by atoms with E-state index in [9.17, 15) is 9.18 Å². The number of nitrogen functional groups attached to an aromatic ring is 1. The van der Waals surface area contributed by atoms with Crippen molar-refractivity contribution >= 4 is 11.6 Å². The van der Waals surface area contributed by atoms with Crippen molar-refractivity contribution < 1.29 is 9.18 Å². The quantitative estimate of drug-likeness (QED) is 0.843. The first-order valence-electron chi connectivity index (χ1n) is 8.54. The highest BCUT2D eigenvalue weighted by Crippen LogP contribution is 2.25. The third-order valence-electron chi connectivity index (χ3n) is 4.69. The topological polar surface area (TPSA) is 46.3 Å². The first kappa shape index (κ1) is 16.5. The smallest absolute Gasteiger partial charge is 0.254 e. The van der Waals surface area contributed by atoms with Gasteiger partial charge < -0.3 is 10.6 Å². The molecule has 0 heterocycles. The first-order chi connectivity index (χ1) is 11.6. The number of halogens is 1. The lowest BCUT2D eigenvalue weighted by Gasteiger charge is -2.29. The largest absolute Gasteiger partial charge is 0.399 e. The molecule has 1 amide bonds. The van der Waals surface area contributed by atoms with Gasteiger partial charge in [0.15, 0.2) is 0 Å². The molecule has 1 fully saturated rings. The van der Waals surface area contributed by atoms with Crippen LogP contribution >= 0.6 is 0 Å². The van der Waals surface area contributed by atoms with Crippen LogP contribution in [-0.2, 0) is 6.42 Å². The highest BCUT2D eigenvalue weighted by Gasteiger charge is 2.27. The van der Waals surface area contributed by atoms with E-state index in [-0.39, 0.29) is 17.8 Å². The van der Waals surface area contributed by atoms with Crippen LogP contribution in [0.4, 0.5) is 10.1 Å². The Morgan fingerprint density at radius 1 is 1.12 bits per heavy atom. The van der Waals surface area contributed by atoms with Crippen molar-refractivity contribution in [3.63, 3.8) is 0 Å². The highest BCUT2D eigenvalue weighted by molar-refractivity contribution is 5.95. The molecule has 1 aliphatic rings. The lowest BCUT2D eigenvalue weighted by Crippen LogP contribution is -2.40. The van der Waals surface area contributed by atoms with Crippen LogP contribution in [0.3, 0.4) is 0 Å². The number of benzene rings is 2. The fourth-order valence-electron chi connectivity index (χ4n) is 3.45. The molecule has 2 N–H and O–H groups in total. The van der Waals surface area contributed by atoms with Gasteiger partial charge in [0.05, 0.1) is 0 Å². The molecule has 1 aliphatic carbocycles. The van der Waals surface area contributed by atoms with Gasteiger partial charge in [0.25, 0.3) is 5.91 Å². The molecule has 4 heteroatoms. The van der Waals surface area contributed by atoms with Crippen LogP contribution in [0.1, 0.15) is 41.6 Å². The minimum atomic E-state index is -0.234. The maximum atomic E-state index is 13.4. The number of amides is 1. The number of anilines is 1. The minimum Gasteiger partial charge on any atom is -0.399 e. The van der Waals surface area contributed by atoms with Gasteiger partial charge in [0, 0.05) is 23.8 Å². The summed E-state index contributed by atoms with van der Waals surface area (Å²) in [6, 6.07) is 14.0. The molecule has 0 bridgehead atoms. The number of hydrogen-bond acceptors (Lipinski definition) is 2. The molecule has 0 atom stereocenters. The van der Waals surface area contributed by atoms with E-state index in [1.165, 1.54) is 12.1 Å². The van der Waals surface area contributed by atoms with Crippen LogP contribution < -0.4 is 5.73 Å². The molecule has 0 radical (unpaired) electrons. The van der Waals surface area contributed by atoms with E-state index < -0.39 is 0 Å². The van der Waals surface area contributed by atoms with E-state index in [4.69, 9.17) is 5.73 Å². The number of carbonyl (C=O) groups is 1. The van der Waals surface area contributed by atoms with Crippen LogP contribution in [0, 0.1) is 5.82 Å². The Hall–Kier alpha value is -2.36. The summed E-state index contributed by atoms with van der Waals surface area (Å²) in [7, 11) is 0. The monoisotopic (exact) mass is 326 g/mol. The van der Waals surface area contributed by atoms with Gasteiger partial charge in [0.2, 0.25) is 0 Å². The first-order valence-corrected chi connectivity index (χ1v) is 8.54. The Balaban J connectivity index is 1.77. The fourth-order valence-corrected chi connectivity index (χ4v) is 3.45. The number of carbonyl (C=O) groups excluding carboxylic acids is 1. The van der Waals surface area contributed by atoms with Crippen molar-refractivity contribution in [3.8, 4) is 0 Å². The van der Waals surface area contributed by atoms with Crippen LogP contribution in [0.15, 0.2) is 48.5 Å². The van der Waals surface area contributed by atoms with E-state index in [1.807, 2.05) is 23.1 Å². The van der Waals surface area contributed by atoms with Gasteiger partial charge in [0.1, 0.15) is 5.82 Å². The third-order valence-corrected chi connectivity index (χ3v) is 4.69. The number of hydrogen-bond donors (Lipinski definition) is 1. The predicted octanol–water partition coefficient (Wildman–Crippen LogP) is 4.04. The summed E-state index contributed by atoms with van der Waals surface area (Å²) >= 11 is 0. The average molecular weight is 326 g/mol. The lowest BCUT2D eigenvalue weighted by molar-refractivity contribution is 0.0684. The molecule has 2 aromatic carbocycles. The molecule has 1 saturated carbocycles. The Morgan fingerprint density at radius 3 is 2.58 bits per heavy atom. The van der Waals surface area contributed by atoms with Gasteiger partial charge >= 0.3 is 0 Å². The molecular formula is C20H23FN2O. The summed E-state index contributed by atoms with van der Waals surface area (Å²) in [5, 5.41) is 0. The molecule has 0 spiro atoms. The Morgan fingerprint density at radius 2 is 1.88 bits per heavy atom. The molecular weight excluding hydrogens is 303 g/mol. The van der Waals surface area contributed by atoms with Gasteiger partial charge in [-0.25, -0.2) is 4.39 Å². The van der Waals surface area contributed by atoms with Crippen molar-refractivity contribution in [2.75, 3.05) is 12.3 Å². The summed E-state index contributed by atoms with van der Waals surface area (Å²) in [4.78, 5) is 14.9. The van der Waals surface area contributed by atoms with E-state index in [0.29, 0.717) is 24.2 Å². The van der Waals surface area contributed by atoms with E-state index in [0.717, 1.165) is 31.2 Å². The Kier molecular flexibility index (Phi) is 5.14. The van der Waals surface area contributed by atoms with Crippen molar-refractivity contribution in [1.82, 2.24) is 4.90 Å². The van der Waals surface area contributed by atoms with E-state index in [2.05, 4.69) is 0 Å². The van der Waals surface area contributed by atoms with Crippen molar-refractivity contribution in [3.05, 3.63) is 65.5 Å². The molecule has 0 aromatic heterocycles. The second-order valence-electron chi connectivity index (χ2n) is 6.44. The van der Waals surface area contributed by atoms with Gasteiger partial charge in [-0.05, 0) is 55.2 Å². The summed E-state index contributed by atoms with van der Waals surface area (Å²) < 4.78 is 13.4. The SMILES string of the molecule is Nc1cccc(C(=O)N(CCc2cccc(F)c2)C2CCCC2)c1. The fraction of sp³-hybridized carbons (Fsp3) is 0.350. The van der Waals surface area contributed by atoms with Crippen LogP contribution in [0.25, 0.3) is 0 Å². The van der Waals surface area contributed by atoms with Gasteiger partial charge in [-0.2, -0.15) is 0 Å². The molecule has 0 unspecified atom stereocenters. The third kappa shape index (κ3) is 3.94. The van der Waals surface area contributed by atoms with Gasteiger partial charge in [-0.1, -0.05) is 31.0 Å². The summed E-state index contributed by atoms with van der Waals surface area (Å²) in [6.07, 6.45) is 5.05. The highest BCUT2D eigenvalue weighted by atomic mass is 19.1. The summed E-state index contributed by atoms with van der Waals surface area (Å²) in [6.45, 7) is 0.599. The van der Waals surface area contributed by atoms with Crippen LogP contribution in [0.5, 0.6) is 0 Å². The van der Waals surface area contributed by atoms with E-state index in [1.54, 1.807) is 18.2 Å². The second kappa shape index (κ2) is 7.47. The average Bonchev–Trinajstić information content (AvgIpc) is 3.09. The van der Waals surface area contributed by atoms with Crippen molar-refractivity contribution in [1.29, 1.82) is 0 Å². The Labute approximate surface area is 142 Å². The zero-order valence-electron chi connectivity index (χ0n) is 13.7. The van der Waals surface area contributed by atoms with E-state index >= 15 is 0 Å². The van der Waals surface area contributed by atoms with Crippen LogP contribution in [-0.4, -0.2) is 23.4 Å². The zero-order valence-corrected chi connectivity index (χ0v) is 13.7. The molecule has 126 valence electrons. The Bertz CT molecular complexity index is 710. The molecule has 3 rings (SSSR count). The number of rotatable bonds is 5. The van der Waals surface area contributed by atoms with Crippen molar-refractivity contribution in [2.24, 2.45) is 0 Å². The lowest BCUT2D eigenvalue weighted by atomic mass is 10.1. The summed E-state index contributed by atoms with van der Waals surface area (Å²) in [5.74, 6) is -0.215. The maximum absolute atomic E-state index is 13.4. The number of nitrogens with two attached hydrogens (primary N) is 1. The van der Waals surface area contributed by atoms with Gasteiger partial charge in [-0.15, -0.1) is 0 Å². The standard InChI is InChI=1S/C20H23FN2O/c21-17-7-3-5-15(13-17)11-12-23(19-9-1-2-10-19)20(24)16-6-4-8-18(22)14-16/h3-8,13-14,19H,1-2,9-12,22H2. The molecule has 2 aromatic rings. The normalized spacial score (nSPS) is 14.7. The molecule has 24 heavy (non-hydrogen) atoms. The summed E-state index contributed by atoms with van der Waals surface area (Å²) in [5.41, 5.74) is 7.96. The minimum absolute atomic E-state index is 0.0191. The molecule has 0 saturated heterocycles. The maximum Gasteiger partial charge on any atom is 0.254 e. The molecule has 3 nitrogen and oxygen atoms in total. The number of nitrogens with zero attached hydrogens (tertiary/aromatic N) is 1. The van der Waals surface area contributed by atoms with Crippen LogP contribution in [0.2, 0.25) is 0 Å². The second-order valence-corrected chi connectivity index (χ2v) is 6.44.